The summed E-state index contributed by atoms with van der Waals surface area (Å²) in [5.74, 6) is 0.437. The number of hydrogen-bond donors (Lipinski definition) is 2. The standard InChI is InChI=1S/C13H13BrN2O3/c14-11(8-3-4-19-6-8)7-1-2-9-10(5-7)16-13(18)12(17)15-9/h1-2,5,8,11H,3-4,6H2,(H,15,17)(H,16,18). The lowest BCUT2D eigenvalue weighted by Gasteiger charge is -2.16. The van der Waals surface area contributed by atoms with Gasteiger partial charge in [0.1, 0.15) is 0 Å². The Kier molecular flexibility index (Phi) is 3.28. The van der Waals surface area contributed by atoms with E-state index in [0.717, 1.165) is 25.2 Å². The van der Waals surface area contributed by atoms with Crippen molar-refractivity contribution in [1.82, 2.24) is 9.97 Å². The minimum absolute atomic E-state index is 0.190. The Morgan fingerprint density at radius 1 is 1.21 bits per heavy atom. The number of benzene rings is 1. The van der Waals surface area contributed by atoms with Crippen molar-refractivity contribution in [1.29, 1.82) is 0 Å². The second kappa shape index (κ2) is 4.94. The molecule has 0 radical (unpaired) electrons. The summed E-state index contributed by atoms with van der Waals surface area (Å²) in [7, 11) is 0. The van der Waals surface area contributed by atoms with E-state index in [2.05, 4.69) is 25.9 Å². The Bertz CT molecular complexity index is 716. The highest BCUT2D eigenvalue weighted by Crippen LogP contribution is 2.36. The maximum Gasteiger partial charge on any atom is 0.314 e. The molecule has 0 amide bonds. The van der Waals surface area contributed by atoms with Gasteiger partial charge in [0.15, 0.2) is 0 Å². The van der Waals surface area contributed by atoms with Gasteiger partial charge in [-0.3, -0.25) is 9.59 Å². The predicted octanol–water partition coefficient (Wildman–Crippen LogP) is 1.69. The van der Waals surface area contributed by atoms with Gasteiger partial charge in [0.25, 0.3) is 0 Å². The number of alkyl halides is 1. The molecule has 100 valence electrons. The Morgan fingerprint density at radius 3 is 2.63 bits per heavy atom. The normalized spacial score (nSPS) is 20.8. The van der Waals surface area contributed by atoms with Gasteiger partial charge in [-0.15, -0.1) is 0 Å². The van der Waals surface area contributed by atoms with E-state index < -0.39 is 11.1 Å². The average molecular weight is 325 g/mol. The highest BCUT2D eigenvalue weighted by atomic mass is 79.9. The second-order valence-electron chi connectivity index (χ2n) is 4.74. The molecule has 1 fully saturated rings. The van der Waals surface area contributed by atoms with E-state index in [-0.39, 0.29) is 4.83 Å². The SMILES string of the molecule is O=c1[nH]c2ccc(C(Br)C3CCOC3)cc2[nH]c1=O. The number of hydrogen-bond acceptors (Lipinski definition) is 3. The lowest BCUT2D eigenvalue weighted by molar-refractivity contribution is 0.185. The van der Waals surface area contributed by atoms with Crippen LogP contribution in [0.25, 0.3) is 11.0 Å². The number of nitrogens with one attached hydrogen (secondary N) is 2. The van der Waals surface area contributed by atoms with Gasteiger partial charge >= 0.3 is 11.1 Å². The molecule has 0 saturated carbocycles. The minimum atomic E-state index is -0.625. The van der Waals surface area contributed by atoms with Gasteiger partial charge in [0.05, 0.1) is 17.6 Å². The molecule has 1 aromatic carbocycles. The largest absolute Gasteiger partial charge is 0.381 e. The molecule has 1 aliphatic rings. The van der Waals surface area contributed by atoms with Crippen LogP contribution in [0.3, 0.4) is 0 Å². The molecule has 3 rings (SSSR count). The van der Waals surface area contributed by atoms with Crippen molar-refractivity contribution in [3.05, 3.63) is 44.5 Å². The number of fused-ring (bicyclic) bond motifs is 1. The molecular formula is C13H13BrN2O3. The number of aromatic amines is 2. The Balaban J connectivity index is 2.03. The molecule has 5 nitrogen and oxygen atoms in total. The predicted molar refractivity (Wildman–Crippen MR) is 75.8 cm³/mol. The molecule has 1 aliphatic heterocycles. The zero-order valence-corrected chi connectivity index (χ0v) is 11.7. The van der Waals surface area contributed by atoms with Gasteiger partial charge in [0.2, 0.25) is 0 Å². The summed E-state index contributed by atoms with van der Waals surface area (Å²) < 4.78 is 5.39. The van der Waals surface area contributed by atoms with Gasteiger partial charge < -0.3 is 14.7 Å². The highest BCUT2D eigenvalue weighted by molar-refractivity contribution is 9.09. The van der Waals surface area contributed by atoms with Gasteiger partial charge in [0, 0.05) is 17.4 Å². The fourth-order valence-electron chi connectivity index (χ4n) is 2.36. The fourth-order valence-corrected chi connectivity index (χ4v) is 3.06. The molecule has 0 bridgehead atoms. The van der Waals surface area contributed by atoms with Gasteiger partial charge in [-0.1, -0.05) is 22.0 Å². The summed E-state index contributed by atoms with van der Waals surface area (Å²) in [4.78, 5) is 27.9. The quantitative estimate of drug-likeness (QED) is 0.652. The van der Waals surface area contributed by atoms with Crippen molar-refractivity contribution in [3.63, 3.8) is 0 Å². The summed E-state index contributed by atoms with van der Waals surface area (Å²) in [6.07, 6.45) is 1.02. The van der Waals surface area contributed by atoms with Crippen LogP contribution < -0.4 is 11.1 Å². The van der Waals surface area contributed by atoms with E-state index in [9.17, 15) is 9.59 Å². The summed E-state index contributed by atoms with van der Waals surface area (Å²) in [5, 5.41) is 0. The third kappa shape index (κ3) is 2.37. The van der Waals surface area contributed by atoms with Crippen LogP contribution in [-0.2, 0) is 4.74 Å². The Morgan fingerprint density at radius 2 is 1.95 bits per heavy atom. The zero-order chi connectivity index (χ0) is 13.4. The van der Waals surface area contributed by atoms with E-state index in [1.165, 1.54) is 0 Å². The average Bonchev–Trinajstić information content (AvgIpc) is 2.93. The molecule has 2 N–H and O–H groups in total. The molecule has 2 aromatic rings. The summed E-state index contributed by atoms with van der Waals surface area (Å²) in [6.45, 7) is 1.54. The summed E-state index contributed by atoms with van der Waals surface area (Å²) >= 11 is 3.69. The van der Waals surface area contributed by atoms with Gasteiger partial charge in [-0.05, 0) is 24.1 Å². The number of aromatic nitrogens is 2. The number of H-pyrrole nitrogens is 2. The maximum absolute atomic E-state index is 11.3. The highest BCUT2D eigenvalue weighted by Gasteiger charge is 2.25. The Hall–Kier alpha value is -1.40. The van der Waals surface area contributed by atoms with E-state index in [0.29, 0.717) is 17.0 Å². The first kappa shape index (κ1) is 12.6. The van der Waals surface area contributed by atoms with Crippen molar-refractivity contribution in [2.75, 3.05) is 13.2 Å². The van der Waals surface area contributed by atoms with E-state index in [1.807, 2.05) is 18.2 Å². The van der Waals surface area contributed by atoms with Crippen molar-refractivity contribution < 1.29 is 4.74 Å². The van der Waals surface area contributed by atoms with Crippen LogP contribution >= 0.6 is 15.9 Å². The molecule has 6 heteroatoms. The molecule has 19 heavy (non-hydrogen) atoms. The van der Waals surface area contributed by atoms with Crippen molar-refractivity contribution >= 4 is 27.0 Å². The van der Waals surface area contributed by atoms with E-state index in [4.69, 9.17) is 4.74 Å². The van der Waals surface area contributed by atoms with Crippen LogP contribution in [0, 0.1) is 5.92 Å². The van der Waals surface area contributed by atoms with E-state index >= 15 is 0 Å². The molecule has 1 aromatic heterocycles. The van der Waals surface area contributed by atoms with Crippen molar-refractivity contribution in [2.45, 2.75) is 11.2 Å². The molecule has 0 spiro atoms. The third-order valence-corrected chi connectivity index (χ3v) is 4.72. The minimum Gasteiger partial charge on any atom is -0.381 e. The first-order valence-electron chi connectivity index (χ1n) is 6.13. The van der Waals surface area contributed by atoms with Crippen molar-refractivity contribution in [2.24, 2.45) is 5.92 Å². The molecule has 1 saturated heterocycles. The number of ether oxygens (including phenoxy) is 1. The van der Waals surface area contributed by atoms with Crippen molar-refractivity contribution in [3.8, 4) is 0 Å². The summed E-state index contributed by atoms with van der Waals surface area (Å²) in [6, 6.07) is 5.66. The maximum atomic E-state index is 11.3. The fraction of sp³-hybridized carbons (Fsp3) is 0.385. The molecule has 0 aliphatic carbocycles. The van der Waals surface area contributed by atoms with E-state index in [1.54, 1.807) is 0 Å². The molecular weight excluding hydrogens is 312 g/mol. The molecule has 2 unspecified atom stereocenters. The molecule has 2 atom stereocenters. The topological polar surface area (TPSA) is 75.0 Å². The first-order chi connectivity index (χ1) is 9.15. The molecule has 2 heterocycles. The third-order valence-electron chi connectivity index (χ3n) is 3.44. The van der Waals surface area contributed by atoms with Crippen LogP contribution in [-0.4, -0.2) is 23.2 Å². The number of halogens is 1. The lowest BCUT2D eigenvalue weighted by atomic mass is 9.98. The Labute approximate surface area is 117 Å². The van der Waals surface area contributed by atoms with Gasteiger partial charge in [-0.2, -0.15) is 0 Å². The van der Waals surface area contributed by atoms with Crippen LogP contribution in [0.1, 0.15) is 16.8 Å². The zero-order valence-electron chi connectivity index (χ0n) is 10.1. The second-order valence-corrected chi connectivity index (χ2v) is 5.73. The van der Waals surface area contributed by atoms with Gasteiger partial charge in [-0.25, -0.2) is 0 Å². The monoisotopic (exact) mass is 324 g/mol. The smallest absolute Gasteiger partial charge is 0.314 e. The van der Waals surface area contributed by atoms with Crippen LogP contribution in [0.4, 0.5) is 0 Å². The number of rotatable bonds is 2. The van der Waals surface area contributed by atoms with Crippen LogP contribution in [0.15, 0.2) is 27.8 Å². The van der Waals surface area contributed by atoms with Crippen LogP contribution in [0.2, 0.25) is 0 Å². The lowest BCUT2D eigenvalue weighted by Crippen LogP contribution is -2.28. The summed E-state index contributed by atoms with van der Waals surface area (Å²) in [5.41, 5.74) is 1.10. The first-order valence-corrected chi connectivity index (χ1v) is 7.05. The van der Waals surface area contributed by atoms with Crippen LogP contribution in [0.5, 0.6) is 0 Å².